The number of hydrogen-bond donors (Lipinski definition) is 1. The maximum Gasteiger partial charge on any atom is 0.175 e. The van der Waals surface area contributed by atoms with Crippen molar-refractivity contribution in [3.8, 4) is 0 Å². The number of H-pyrrole nitrogens is 1. The third kappa shape index (κ3) is 2.94. The standard InChI is InChI=1S/C15H13ClN2O2S/c1-21(19,20)11-6-7-13-14(9-11)18-15(17-13)8-10-4-2-3-5-12(10)16/h2-7,9H,8H2,1H3,(H,17,18). The molecule has 3 rings (SSSR count). The van der Waals surface area contributed by atoms with Crippen molar-refractivity contribution in [2.45, 2.75) is 11.3 Å². The molecule has 21 heavy (non-hydrogen) atoms. The van der Waals surface area contributed by atoms with Crippen molar-refractivity contribution in [3.63, 3.8) is 0 Å². The molecule has 0 aliphatic carbocycles. The van der Waals surface area contributed by atoms with Gasteiger partial charge in [0.1, 0.15) is 5.82 Å². The van der Waals surface area contributed by atoms with Crippen LogP contribution in [0, 0.1) is 0 Å². The van der Waals surface area contributed by atoms with Crippen molar-refractivity contribution in [3.05, 3.63) is 58.9 Å². The van der Waals surface area contributed by atoms with Gasteiger partial charge >= 0.3 is 0 Å². The summed E-state index contributed by atoms with van der Waals surface area (Å²) in [5.74, 6) is 0.753. The highest BCUT2D eigenvalue weighted by atomic mass is 35.5. The van der Waals surface area contributed by atoms with Gasteiger partial charge in [0.25, 0.3) is 0 Å². The van der Waals surface area contributed by atoms with Crippen molar-refractivity contribution in [2.24, 2.45) is 0 Å². The first kappa shape index (κ1) is 14.1. The molecule has 0 unspecified atom stereocenters. The van der Waals surface area contributed by atoms with Crippen LogP contribution in [0.3, 0.4) is 0 Å². The molecular weight excluding hydrogens is 308 g/mol. The van der Waals surface area contributed by atoms with Crippen LogP contribution in [0.2, 0.25) is 5.02 Å². The SMILES string of the molecule is CS(=O)(=O)c1ccc2nc(Cc3ccccc3Cl)[nH]c2c1. The van der Waals surface area contributed by atoms with E-state index in [1.54, 1.807) is 18.2 Å². The van der Waals surface area contributed by atoms with E-state index in [1.165, 1.54) is 6.26 Å². The summed E-state index contributed by atoms with van der Waals surface area (Å²) in [5.41, 5.74) is 2.42. The van der Waals surface area contributed by atoms with Gasteiger partial charge in [-0.05, 0) is 29.8 Å². The Balaban J connectivity index is 2.00. The van der Waals surface area contributed by atoms with E-state index in [4.69, 9.17) is 11.6 Å². The van der Waals surface area contributed by atoms with Crippen molar-refractivity contribution in [1.29, 1.82) is 0 Å². The molecule has 6 heteroatoms. The number of rotatable bonds is 3. The molecule has 0 saturated heterocycles. The van der Waals surface area contributed by atoms with Crippen LogP contribution < -0.4 is 0 Å². The summed E-state index contributed by atoms with van der Waals surface area (Å²) in [6.07, 6.45) is 1.76. The zero-order valence-corrected chi connectivity index (χ0v) is 12.9. The van der Waals surface area contributed by atoms with Crippen LogP contribution in [0.15, 0.2) is 47.4 Å². The second kappa shape index (κ2) is 5.16. The van der Waals surface area contributed by atoms with E-state index < -0.39 is 9.84 Å². The quantitative estimate of drug-likeness (QED) is 0.806. The van der Waals surface area contributed by atoms with Gasteiger partial charge < -0.3 is 4.98 Å². The van der Waals surface area contributed by atoms with Gasteiger partial charge in [-0.25, -0.2) is 13.4 Å². The van der Waals surface area contributed by atoms with Gasteiger partial charge in [-0.2, -0.15) is 0 Å². The molecule has 0 aliphatic heterocycles. The number of fused-ring (bicyclic) bond motifs is 1. The molecule has 0 aliphatic rings. The van der Waals surface area contributed by atoms with E-state index in [0.717, 1.165) is 16.9 Å². The summed E-state index contributed by atoms with van der Waals surface area (Å²) in [7, 11) is -3.22. The molecule has 0 saturated carbocycles. The van der Waals surface area contributed by atoms with Crippen molar-refractivity contribution in [2.75, 3.05) is 6.26 Å². The summed E-state index contributed by atoms with van der Waals surface area (Å²) in [6, 6.07) is 12.5. The van der Waals surface area contributed by atoms with E-state index in [1.807, 2.05) is 24.3 Å². The van der Waals surface area contributed by atoms with Crippen molar-refractivity contribution in [1.82, 2.24) is 9.97 Å². The first-order valence-corrected chi connectivity index (χ1v) is 8.62. The number of nitrogens with one attached hydrogen (secondary N) is 1. The predicted molar refractivity (Wildman–Crippen MR) is 83.5 cm³/mol. The second-order valence-electron chi connectivity index (χ2n) is 4.90. The number of imidazole rings is 1. The minimum absolute atomic E-state index is 0.281. The van der Waals surface area contributed by atoms with Crippen LogP contribution in [0.4, 0.5) is 0 Å². The molecule has 0 bridgehead atoms. The Bertz CT molecular complexity index is 916. The minimum atomic E-state index is -3.22. The smallest absolute Gasteiger partial charge is 0.175 e. The Morgan fingerprint density at radius 3 is 2.67 bits per heavy atom. The van der Waals surface area contributed by atoms with Gasteiger partial charge in [0.2, 0.25) is 0 Å². The van der Waals surface area contributed by atoms with Crippen LogP contribution >= 0.6 is 11.6 Å². The molecule has 0 radical (unpaired) electrons. The normalized spacial score (nSPS) is 11.9. The number of aromatic amines is 1. The number of nitrogens with zero attached hydrogens (tertiary/aromatic N) is 1. The summed E-state index contributed by atoms with van der Waals surface area (Å²) in [4.78, 5) is 7.89. The maximum absolute atomic E-state index is 11.6. The highest BCUT2D eigenvalue weighted by Gasteiger charge is 2.11. The van der Waals surface area contributed by atoms with E-state index in [2.05, 4.69) is 9.97 Å². The van der Waals surface area contributed by atoms with Crippen LogP contribution in [0.25, 0.3) is 11.0 Å². The Hall–Kier alpha value is -1.85. The largest absolute Gasteiger partial charge is 0.342 e. The van der Waals surface area contributed by atoms with Gasteiger partial charge in [0, 0.05) is 17.7 Å². The Kier molecular flexibility index (Phi) is 3.47. The molecule has 1 heterocycles. The molecule has 2 aromatic carbocycles. The average molecular weight is 321 g/mol. The lowest BCUT2D eigenvalue weighted by molar-refractivity contribution is 0.602. The van der Waals surface area contributed by atoms with Crippen molar-refractivity contribution >= 4 is 32.5 Å². The van der Waals surface area contributed by atoms with Gasteiger partial charge in [0.15, 0.2) is 9.84 Å². The van der Waals surface area contributed by atoms with Gasteiger partial charge in [-0.1, -0.05) is 29.8 Å². The first-order chi connectivity index (χ1) is 9.93. The van der Waals surface area contributed by atoms with E-state index >= 15 is 0 Å². The Morgan fingerprint density at radius 1 is 1.19 bits per heavy atom. The fraction of sp³-hybridized carbons (Fsp3) is 0.133. The zero-order chi connectivity index (χ0) is 15.0. The lowest BCUT2D eigenvalue weighted by Gasteiger charge is -2.00. The molecular formula is C15H13ClN2O2S. The lowest BCUT2D eigenvalue weighted by Crippen LogP contribution is -1.96. The van der Waals surface area contributed by atoms with E-state index in [9.17, 15) is 8.42 Å². The molecule has 3 aromatic rings. The minimum Gasteiger partial charge on any atom is -0.342 e. The summed E-state index contributed by atoms with van der Waals surface area (Å²) < 4.78 is 23.1. The van der Waals surface area contributed by atoms with Gasteiger partial charge in [-0.15, -0.1) is 0 Å². The summed E-state index contributed by atoms with van der Waals surface area (Å²) in [6.45, 7) is 0. The average Bonchev–Trinajstić information content (AvgIpc) is 2.81. The zero-order valence-electron chi connectivity index (χ0n) is 11.3. The maximum atomic E-state index is 11.6. The topological polar surface area (TPSA) is 62.8 Å². The fourth-order valence-electron chi connectivity index (χ4n) is 2.18. The lowest BCUT2D eigenvalue weighted by atomic mass is 10.1. The third-order valence-corrected chi connectivity index (χ3v) is 4.73. The fourth-order valence-corrected chi connectivity index (χ4v) is 3.03. The number of halogens is 1. The highest BCUT2D eigenvalue weighted by molar-refractivity contribution is 7.90. The summed E-state index contributed by atoms with van der Waals surface area (Å²) >= 11 is 6.14. The van der Waals surface area contributed by atoms with Crippen LogP contribution in [0.1, 0.15) is 11.4 Å². The molecule has 0 fully saturated rings. The predicted octanol–water partition coefficient (Wildman–Crippen LogP) is 3.21. The molecule has 1 N–H and O–H groups in total. The van der Waals surface area contributed by atoms with Gasteiger partial charge in [0.05, 0.1) is 15.9 Å². The number of benzene rings is 2. The molecule has 4 nitrogen and oxygen atoms in total. The van der Waals surface area contributed by atoms with E-state index in [-0.39, 0.29) is 4.90 Å². The van der Waals surface area contributed by atoms with Crippen LogP contribution in [-0.4, -0.2) is 24.6 Å². The molecule has 108 valence electrons. The third-order valence-electron chi connectivity index (χ3n) is 3.25. The van der Waals surface area contributed by atoms with Crippen molar-refractivity contribution < 1.29 is 8.42 Å². The second-order valence-corrected chi connectivity index (χ2v) is 7.33. The molecule has 0 spiro atoms. The monoisotopic (exact) mass is 320 g/mol. The van der Waals surface area contributed by atoms with Crippen LogP contribution in [0.5, 0.6) is 0 Å². The summed E-state index contributed by atoms with van der Waals surface area (Å²) in [5, 5.41) is 0.690. The number of aromatic nitrogens is 2. The number of hydrogen-bond acceptors (Lipinski definition) is 3. The molecule has 0 amide bonds. The Labute approximate surface area is 127 Å². The Morgan fingerprint density at radius 2 is 1.95 bits per heavy atom. The van der Waals surface area contributed by atoms with E-state index in [0.29, 0.717) is 17.0 Å². The van der Waals surface area contributed by atoms with Gasteiger partial charge in [-0.3, -0.25) is 0 Å². The van der Waals surface area contributed by atoms with Crippen LogP contribution in [-0.2, 0) is 16.3 Å². The molecule has 1 aromatic heterocycles. The molecule has 0 atom stereocenters. The highest BCUT2D eigenvalue weighted by Crippen LogP contribution is 2.21. The first-order valence-electron chi connectivity index (χ1n) is 6.35. The number of sulfone groups is 1.